The second kappa shape index (κ2) is 11.4. The van der Waals surface area contributed by atoms with Crippen molar-refractivity contribution in [2.24, 2.45) is 0 Å². The van der Waals surface area contributed by atoms with E-state index < -0.39 is 22.2 Å². The number of ether oxygens (including phenoxy) is 1. The minimum atomic E-state index is -3.91. The van der Waals surface area contributed by atoms with Gasteiger partial charge in [-0.1, -0.05) is 42.6 Å². The van der Waals surface area contributed by atoms with Crippen LogP contribution in [0.3, 0.4) is 0 Å². The number of halogens is 2. The first kappa shape index (κ1) is 24.9. The third-order valence-electron chi connectivity index (χ3n) is 5.43. The molecular weight excluding hydrogens is 473 g/mol. The van der Waals surface area contributed by atoms with Gasteiger partial charge in [-0.25, -0.2) is 8.42 Å². The Hall–Kier alpha value is -1.71. The molecule has 2 heterocycles. The number of nitrogens with zero attached hydrogens (tertiary/aromatic N) is 2. The molecule has 1 saturated heterocycles. The van der Waals surface area contributed by atoms with Crippen molar-refractivity contribution >= 4 is 39.1 Å². The van der Waals surface area contributed by atoms with Crippen LogP contribution in [0.2, 0.25) is 10.0 Å². The highest BCUT2D eigenvalue weighted by atomic mass is 35.5. The average molecular weight is 500 g/mol. The molecule has 0 radical (unpaired) electrons. The molecule has 1 aliphatic rings. The smallest absolute Gasteiger partial charge is 0.249 e. The molecule has 32 heavy (non-hydrogen) atoms. The number of carbonyl (C=O) groups excluding carboxylic acids is 1. The predicted octanol–water partition coefficient (Wildman–Crippen LogP) is 4.04. The fraction of sp³-hybridized carbons (Fsp3) is 0.455. The van der Waals surface area contributed by atoms with Crippen LogP contribution in [0.5, 0.6) is 0 Å². The fourth-order valence-electron chi connectivity index (χ4n) is 3.71. The number of pyridine rings is 1. The van der Waals surface area contributed by atoms with Gasteiger partial charge >= 0.3 is 0 Å². The van der Waals surface area contributed by atoms with E-state index in [9.17, 15) is 13.2 Å². The van der Waals surface area contributed by atoms with Crippen molar-refractivity contribution in [1.82, 2.24) is 14.6 Å². The Morgan fingerprint density at radius 3 is 2.56 bits per heavy atom. The Morgan fingerprint density at radius 2 is 1.91 bits per heavy atom. The maximum atomic E-state index is 13.4. The number of hydrogen-bond acceptors (Lipinski definition) is 5. The van der Waals surface area contributed by atoms with Crippen LogP contribution in [0.25, 0.3) is 0 Å². The van der Waals surface area contributed by atoms with Crippen molar-refractivity contribution in [2.75, 3.05) is 13.2 Å². The summed E-state index contributed by atoms with van der Waals surface area (Å²) < 4.78 is 34.0. The Morgan fingerprint density at radius 1 is 1.22 bits per heavy atom. The molecule has 2 atom stereocenters. The molecule has 1 fully saturated rings. The zero-order chi connectivity index (χ0) is 23.1. The van der Waals surface area contributed by atoms with Crippen LogP contribution in [0.4, 0.5) is 0 Å². The monoisotopic (exact) mass is 499 g/mol. The molecule has 0 bridgehead atoms. The van der Waals surface area contributed by atoms with Gasteiger partial charge in [0.05, 0.1) is 16.7 Å². The van der Waals surface area contributed by atoms with E-state index in [0.29, 0.717) is 25.9 Å². The van der Waals surface area contributed by atoms with Gasteiger partial charge < -0.3 is 10.1 Å². The summed E-state index contributed by atoms with van der Waals surface area (Å²) in [6.07, 6.45) is 5.38. The van der Waals surface area contributed by atoms with E-state index in [1.807, 2.05) is 19.1 Å². The highest BCUT2D eigenvalue weighted by molar-refractivity contribution is 7.89. The fourth-order valence-corrected chi connectivity index (χ4v) is 6.49. The van der Waals surface area contributed by atoms with Crippen molar-refractivity contribution < 1.29 is 17.9 Å². The Kier molecular flexibility index (Phi) is 8.90. The lowest BCUT2D eigenvalue weighted by Crippen LogP contribution is -2.47. The summed E-state index contributed by atoms with van der Waals surface area (Å²) in [5, 5.41) is 3.04. The number of sulfonamides is 1. The van der Waals surface area contributed by atoms with Crippen molar-refractivity contribution in [2.45, 2.75) is 56.2 Å². The first-order valence-electron chi connectivity index (χ1n) is 10.6. The molecule has 10 heteroatoms. The number of hydrogen-bond donors (Lipinski definition) is 1. The lowest BCUT2D eigenvalue weighted by molar-refractivity contribution is -0.134. The van der Waals surface area contributed by atoms with Crippen molar-refractivity contribution in [3.05, 3.63) is 58.3 Å². The van der Waals surface area contributed by atoms with Crippen LogP contribution in [0.1, 0.15) is 38.2 Å². The topological polar surface area (TPSA) is 88.6 Å². The maximum absolute atomic E-state index is 13.4. The molecule has 174 valence electrons. The standard InChI is InChI=1S/C22H27Cl2N3O4S/c1-2-20(22(28)26-14-16-9-11-25-12-10-16)31-15-17-6-3-4-13-27(17)32(29,30)21-18(23)7-5-8-19(21)24/h5,7-12,17,20H,2-4,6,13-15H2,1H3,(H,26,28). The zero-order valence-electron chi connectivity index (χ0n) is 17.8. The van der Waals surface area contributed by atoms with E-state index in [2.05, 4.69) is 10.3 Å². The maximum Gasteiger partial charge on any atom is 0.249 e. The molecule has 0 saturated carbocycles. The first-order chi connectivity index (χ1) is 15.3. The molecule has 2 aromatic rings. The van der Waals surface area contributed by atoms with Gasteiger partial charge in [0.15, 0.2) is 0 Å². The van der Waals surface area contributed by atoms with Gasteiger partial charge in [-0.3, -0.25) is 9.78 Å². The van der Waals surface area contributed by atoms with Crippen LogP contribution >= 0.6 is 23.2 Å². The van der Waals surface area contributed by atoms with Crippen LogP contribution in [-0.4, -0.2) is 48.9 Å². The van der Waals surface area contributed by atoms with Crippen LogP contribution in [0.15, 0.2) is 47.6 Å². The minimum Gasteiger partial charge on any atom is -0.367 e. The van der Waals surface area contributed by atoms with Gasteiger partial charge in [0, 0.05) is 31.5 Å². The van der Waals surface area contributed by atoms with E-state index in [-0.39, 0.29) is 27.5 Å². The molecule has 1 amide bonds. The number of carbonyl (C=O) groups is 1. The lowest BCUT2D eigenvalue weighted by Gasteiger charge is -2.35. The van der Waals surface area contributed by atoms with Gasteiger partial charge in [0.1, 0.15) is 11.0 Å². The second-order valence-electron chi connectivity index (χ2n) is 7.62. The summed E-state index contributed by atoms with van der Waals surface area (Å²) in [4.78, 5) is 16.5. The summed E-state index contributed by atoms with van der Waals surface area (Å²) in [5.41, 5.74) is 0.935. The number of piperidine rings is 1. The summed E-state index contributed by atoms with van der Waals surface area (Å²) in [6, 6.07) is 7.88. The lowest BCUT2D eigenvalue weighted by atomic mass is 10.1. The normalized spacial score (nSPS) is 18.3. The number of nitrogens with one attached hydrogen (secondary N) is 1. The van der Waals surface area contributed by atoms with Gasteiger partial charge in [0.2, 0.25) is 15.9 Å². The second-order valence-corrected chi connectivity index (χ2v) is 10.3. The number of benzene rings is 1. The van der Waals surface area contributed by atoms with E-state index in [1.54, 1.807) is 18.5 Å². The number of rotatable bonds is 9. The predicted molar refractivity (Wildman–Crippen MR) is 124 cm³/mol. The Labute approximate surface area is 199 Å². The van der Waals surface area contributed by atoms with E-state index in [0.717, 1.165) is 18.4 Å². The van der Waals surface area contributed by atoms with Crippen LogP contribution in [0, 0.1) is 0 Å². The average Bonchev–Trinajstić information content (AvgIpc) is 2.78. The molecule has 1 aromatic heterocycles. The highest BCUT2D eigenvalue weighted by Crippen LogP contribution is 2.34. The molecule has 1 aromatic carbocycles. The first-order valence-corrected chi connectivity index (χ1v) is 12.8. The number of aromatic nitrogens is 1. The van der Waals surface area contributed by atoms with Crippen molar-refractivity contribution in [3.8, 4) is 0 Å². The van der Waals surface area contributed by atoms with Crippen molar-refractivity contribution in [3.63, 3.8) is 0 Å². The highest BCUT2D eigenvalue weighted by Gasteiger charge is 2.36. The van der Waals surface area contributed by atoms with Crippen LogP contribution < -0.4 is 5.32 Å². The molecule has 2 unspecified atom stereocenters. The van der Waals surface area contributed by atoms with E-state index in [1.165, 1.54) is 16.4 Å². The molecule has 3 rings (SSSR count). The van der Waals surface area contributed by atoms with E-state index in [4.69, 9.17) is 27.9 Å². The Balaban J connectivity index is 1.67. The quantitative estimate of drug-likeness (QED) is 0.562. The SMILES string of the molecule is CCC(OCC1CCCCN1S(=O)(=O)c1c(Cl)cccc1Cl)C(=O)NCc1ccncc1. The van der Waals surface area contributed by atoms with Crippen molar-refractivity contribution in [1.29, 1.82) is 0 Å². The van der Waals surface area contributed by atoms with Gasteiger partial charge in [0.25, 0.3) is 0 Å². The zero-order valence-corrected chi connectivity index (χ0v) is 20.2. The summed E-state index contributed by atoms with van der Waals surface area (Å²) in [5.74, 6) is -0.233. The number of amides is 1. The molecule has 7 nitrogen and oxygen atoms in total. The Bertz CT molecular complexity index is 1000. The third-order valence-corrected chi connectivity index (χ3v) is 8.34. The minimum absolute atomic E-state index is 0.0858. The largest absolute Gasteiger partial charge is 0.367 e. The summed E-state index contributed by atoms with van der Waals surface area (Å²) in [7, 11) is -3.91. The van der Waals surface area contributed by atoms with Gasteiger partial charge in [-0.15, -0.1) is 0 Å². The summed E-state index contributed by atoms with van der Waals surface area (Å²) >= 11 is 12.4. The van der Waals surface area contributed by atoms with Gasteiger partial charge in [-0.2, -0.15) is 4.31 Å². The summed E-state index contributed by atoms with van der Waals surface area (Å²) in [6.45, 7) is 2.69. The van der Waals surface area contributed by atoms with Crippen LogP contribution in [-0.2, 0) is 26.1 Å². The molecule has 1 aliphatic heterocycles. The van der Waals surface area contributed by atoms with Gasteiger partial charge in [-0.05, 0) is 49.1 Å². The molecule has 0 spiro atoms. The molecule has 0 aliphatic carbocycles. The third kappa shape index (κ3) is 5.99. The van der Waals surface area contributed by atoms with E-state index >= 15 is 0 Å². The molecular formula is C22H27Cl2N3O4S. The molecule has 1 N–H and O–H groups in total.